The molecule has 8 heteroatoms. The number of carbonyl (C=O) groups excluding carboxylic acids is 2. The van der Waals surface area contributed by atoms with E-state index in [2.05, 4.69) is 5.32 Å². The molecule has 1 aromatic carbocycles. The minimum absolute atomic E-state index is 0.0379. The van der Waals surface area contributed by atoms with E-state index in [1.807, 2.05) is 17.5 Å². The Labute approximate surface area is 152 Å². The van der Waals surface area contributed by atoms with E-state index in [1.54, 1.807) is 24.3 Å². The van der Waals surface area contributed by atoms with Gasteiger partial charge in [-0.1, -0.05) is 6.07 Å². The molecule has 0 aliphatic carbocycles. The molecule has 0 saturated heterocycles. The zero-order valence-corrected chi connectivity index (χ0v) is 14.4. The maximum Gasteiger partial charge on any atom is 0.305 e. The normalized spacial score (nSPS) is 14.0. The van der Waals surface area contributed by atoms with E-state index in [4.69, 9.17) is 14.6 Å². The van der Waals surface area contributed by atoms with Crippen molar-refractivity contribution in [3.63, 3.8) is 0 Å². The lowest BCUT2D eigenvalue weighted by molar-refractivity contribution is -0.137. The minimum atomic E-state index is -0.988. The Hall–Kier alpha value is -3.13. The van der Waals surface area contributed by atoms with Crippen molar-refractivity contribution in [1.82, 2.24) is 5.32 Å². The molecule has 0 fully saturated rings. The number of ether oxygens (including phenoxy) is 2. The third-order valence-electron chi connectivity index (χ3n) is 3.49. The molecule has 3 rings (SSSR count). The van der Waals surface area contributed by atoms with Crippen LogP contribution in [0.3, 0.4) is 0 Å². The molecule has 1 aliphatic heterocycles. The quantitative estimate of drug-likeness (QED) is 0.723. The molecule has 7 nitrogen and oxygen atoms in total. The van der Waals surface area contributed by atoms with Gasteiger partial charge in [0.05, 0.1) is 12.0 Å². The molecule has 0 radical (unpaired) electrons. The number of hydrogen-bond donors (Lipinski definition) is 2. The molecule has 2 aromatic rings. The summed E-state index contributed by atoms with van der Waals surface area (Å²) in [5.74, 6) is -0.624. The summed E-state index contributed by atoms with van der Waals surface area (Å²) < 4.78 is 11.0. The van der Waals surface area contributed by atoms with Gasteiger partial charge in [0.25, 0.3) is 5.91 Å². The SMILES string of the molecule is O=C(O)CCNC(=O)COc1ccc2c(c1)OC(=Cc1cccs1)C2=O. The number of fused-ring (bicyclic) bond motifs is 1. The third kappa shape index (κ3) is 4.28. The molecule has 1 aromatic heterocycles. The second-order valence-electron chi connectivity index (χ2n) is 5.40. The zero-order chi connectivity index (χ0) is 18.5. The summed E-state index contributed by atoms with van der Waals surface area (Å²) in [6.45, 7) is -0.222. The van der Waals surface area contributed by atoms with E-state index < -0.39 is 11.9 Å². The van der Waals surface area contributed by atoms with Crippen LogP contribution in [0.5, 0.6) is 11.5 Å². The van der Waals surface area contributed by atoms with Crippen LogP contribution in [0, 0.1) is 0 Å². The summed E-state index contributed by atoms with van der Waals surface area (Å²) in [7, 11) is 0. The first-order valence-corrected chi connectivity index (χ1v) is 8.64. The number of ketones is 1. The van der Waals surface area contributed by atoms with Crippen molar-refractivity contribution in [2.75, 3.05) is 13.2 Å². The second kappa shape index (κ2) is 7.83. The van der Waals surface area contributed by atoms with Crippen molar-refractivity contribution < 1.29 is 29.0 Å². The van der Waals surface area contributed by atoms with Gasteiger partial charge < -0.3 is 19.9 Å². The van der Waals surface area contributed by atoms with Crippen molar-refractivity contribution in [2.24, 2.45) is 0 Å². The molecular weight excluding hydrogens is 358 g/mol. The van der Waals surface area contributed by atoms with E-state index in [9.17, 15) is 14.4 Å². The van der Waals surface area contributed by atoms with Crippen LogP contribution in [0.4, 0.5) is 0 Å². The van der Waals surface area contributed by atoms with Gasteiger partial charge in [-0.3, -0.25) is 14.4 Å². The Morgan fingerprint density at radius 2 is 2.15 bits per heavy atom. The first-order chi connectivity index (χ1) is 12.5. The summed E-state index contributed by atoms with van der Waals surface area (Å²) >= 11 is 1.50. The first-order valence-electron chi connectivity index (χ1n) is 7.76. The van der Waals surface area contributed by atoms with Gasteiger partial charge in [-0.15, -0.1) is 11.3 Å². The maximum atomic E-state index is 12.3. The monoisotopic (exact) mass is 373 g/mol. The third-order valence-corrected chi connectivity index (χ3v) is 4.31. The number of aliphatic carboxylic acids is 1. The van der Waals surface area contributed by atoms with Crippen molar-refractivity contribution in [1.29, 1.82) is 0 Å². The molecule has 26 heavy (non-hydrogen) atoms. The number of thiophene rings is 1. The summed E-state index contributed by atoms with van der Waals surface area (Å²) in [6, 6.07) is 8.49. The Kier molecular flexibility index (Phi) is 5.33. The molecular formula is C18H15NO6S. The van der Waals surface area contributed by atoms with Gasteiger partial charge in [-0.25, -0.2) is 0 Å². The van der Waals surface area contributed by atoms with Crippen LogP contribution in [0.1, 0.15) is 21.7 Å². The highest BCUT2D eigenvalue weighted by Gasteiger charge is 2.27. The lowest BCUT2D eigenvalue weighted by Gasteiger charge is -2.07. The van der Waals surface area contributed by atoms with E-state index in [0.29, 0.717) is 17.1 Å². The standard InChI is InChI=1S/C18H15NO6S/c20-16(19-6-5-17(21)22)10-24-11-3-4-13-14(8-11)25-15(18(13)23)9-12-2-1-7-26-12/h1-4,7-9H,5-6,10H2,(H,19,20)(H,21,22). The van der Waals surface area contributed by atoms with Crippen molar-refractivity contribution in [3.05, 3.63) is 51.9 Å². The van der Waals surface area contributed by atoms with Crippen LogP contribution >= 0.6 is 11.3 Å². The number of hydrogen-bond acceptors (Lipinski definition) is 6. The Bertz CT molecular complexity index is 872. The Morgan fingerprint density at radius 3 is 2.88 bits per heavy atom. The van der Waals surface area contributed by atoms with Gasteiger partial charge in [-0.05, 0) is 23.6 Å². The highest BCUT2D eigenvalue weighted by Crippen LogP contribution is 2.35. The average Bonchev–Trinajstić information content (AvgIpc) is 3.21. The number of carboxylic acid groups (broad SMARTS) is 1. The average molecular weight is 373 g/mol. The fourth-order valence-corrected chi connectivity index (χ4v) is 2.91. The van der Waals surface area contributed by atoms with E-state index >= 15 is 0 Å². The summed E-state index contributed by atoms with van der Waals surface area (Å²) in [5.41, 5.74) is 0.436. The second-order valence-corrected chi connectivity index (χ2v) is 6.37. The number of Topliss-reactive ketones (excluding diaryl/α,β-unsaturated/α-hetero) is 1. The lowest BCUT2D eigenvalue weighted by atomic mass is 10.1. The lowest BCUT2D eigenvalue weighted by Crippen LogP contribution is -2.30. The molecule has 2 heterocycles. The topological polar surface area (TPSA) is 102 Å². The van der Waals surface area contributed by atoms with E-state index in [0.717, 1.165) is 4.88 Å². The molecule has 1 aliphatic rings. The molecule has 0 bridgehead atoms. The molecule has 134 valence electrons. The summed E-state index contributed by atoms with van der Waals surface area (Å²) in [6.07, 6.45) is 1.53. The first kappa shape index (κ1) is 17.7. The number of amides is 1. The Balaban J connectivity index is 1.60. The van der Waals surface area contributed by atoms with Crippen molar-refractivity contribution in [2.45, 2.75) is 6.42 Å². The molecule has 0 atom stereocenters. The molecule has 0 saturated carbocycles. The van der Waals surface area contributed by atoms with Crippen LogP contribution in [0.15, 0.2) is 41.5 Å². The van der Waals surface area contributed by atoms with Gasteiger partial charge in [0, 0.05) is 23.6 Å². The zero-order valence-electron chi connectivity index (χ0n) is 13.6. The summed E-state index contributed by atoms with van der Waals surface area (Å²) in [5, 5.41) is 12.9. The summed E-state index contributed by atoms with van der Waals surface area (Å²) in [4.78, 5) is 35.2. The fraction of sp³-hybridized carbons (Fsp3) is 0.167. The number of carbonyl (C=O) groups is 3. The highest BCUT2D eigenvalue weighted by atomic mass is 32.1. The van der Waals surface area contributed by atoms with Gasteiger partial charge >= 0.3 is 5.97 Å². The molecule has 0 spiro atoms. The number of allylic oxidation sites excluding steroid dienone is 1. The molecule has 0 unspecified atom stereocenters. The number of carboxylic acids is 1. The maximum absolute atomic E-state index is 12.3. The smallest absolute Gasteiger partial charge is 0.305 e. The highest BCUT2D eigenvalue weighted by molar-refractivity contribution is 7.10. The van der Waals surface area contributed by atoms with Gasteiger partial charge in [-0.2, -0.15) is 0 Å². The predicted octanol–water partition coefficient (Wildman–Crippen LogP) is 2.33. The van der Waals surface area contributed by atoms with Crippen LogP contribution in [0.2, 0.25) is 0 Å². The number of benzene rings is 1. The van der Waals surface area contributed by atoms with Gasteiger partial charge in [0.1, 0.15) is 11.5 Å². The number of nitrogens with one attached hydrogen (secondary N) is 1. The van der Waals surface area contributed by atoms with Crippen molar-refractivity contribution in [3.8, 4) is 11.5 Å². The largest absolute Gasteiger partial charge is 0.484 e. The van der Waals surface area contributed by atoms with Crippen LogP contribution in [-0.2, 0) is 9.59 Å². The number of rotatable bonds is 7. The van der Waals surface area contributed by atoms with Crippen molar-refractivity contribution >= 4 is 35.1 Å². The molecule has 1 amide bonds. The Morgan fingerprint density at radius 1 is 1.31 bits per heavy atom. The van der Waals surface area contributed by atoms with Crippen LogP contribution in [0.25, 0.3) is 6.08 Å². The minimum Gasteiger partial charge on any atom is -0.484 e. The van der Waals surface area contributed by atoms with Gasteiger partial charge in [0.15, 0.2) is 12.4 Å². The van der Waals surface area contributed by atoms with E-state index in [-0.39, 0.29) is 31.1 Å². The van der Waals surface area contributed by atoms with Gasteiger partial charge in [0.2, 0.25) is 5.78 Å². The fourth-order valence-electron chi connectivity index (χ4n) is 2.27. The van der Waals surface area contributed by atoms with E-state index in [1.165, 1.54) is 11.3 Å². The predicted molar refractivity (Wildman–Crippen MR) is 94.5 cm³/mol. The van der Waals surface area contributed by atoms with Crippen LogP contribution in [-0.4, -0.2) is 35.9 Å². The van der Waals surface area contributed by atoms with Crippen LogP contribution < -0.4 is 14.8 Å². The molecule has 2 N–H and O–H groups in total.